The van der Waals surface area contributed by atoms with E-state index >= 15 is 0 Å². The van der Waals surface area contributed by atoms with Gasteiger partial charge in [0.1, 0.15) is 6.67 Å². The Morgan fingerprint density at radius 2 is 1.62 bits per heavy atom. The van der Waals surface area contributed by atoms with Gasteiger partial charge in [0.15, 0.2) is 6.17 Å². The van der Waals surface area contributed by atoms with E-state index in [0.29, 0.717) is 0 Å². The number of alkyl halides is 6. The third kappa shape index (κ3) is 3.87. The fourth-order valence-electron chi connectivity index (χ4n) is 0.693. The van der Waals surface area contributed by atoms with Gasteiger partial charge >= 0.3 is 0 Å². The molecule has 0 unspecified atom stereocenters. The van der Waals surface area contributed by atoms with Crippen LogP contribution in [0.1, 0.15) is 19.8 Å². The quantitative estimate of drug-likeness (QED) is 0.607. The van der Waals surface area contributed by atoms with E-state index in [0.717, 1.165) is 6.92 Å². The van der Waals surface area contributed by atoms with Crippen molar-refractivity contribution < 1.29 is 26.3 Å². The smallest absolute Gasteiger partial charge is 0.248 e. The minimum absolute atomic E-state index is 0.818. The summed E-state index contributed by atoms with van der Waals surface area (Å²) in [6.45, 7) is -0.953. The van der Waals surface area contributed by atoms with Crippen molar-refractivity contribution in [1.29, 1.82) is 0 Å². The molecular formula is C7H10F6. The molecule has 0 saturated carbocycles. The zero-order valence-electron chi connectivity index (χ0n) is 6.97. The van der Waals surface area contributed by atoms with Crippen molar-refractivity contribution in [2.75, 3.05) is 6.67 Å². The highest BCUT2D eigenvalue weighted by molar-refractivity contribution is 4.82. The second kappa shape index (κ2) is 4.19. The summed E-state index contributed by atoms with van der Waals surface area (Å²) in [4.78, 5) is 0. The predicted molar refractivity (Wildman–Crippen MR) is 35.7 cm³/mol. The van der Waals surface area contributed by atoms with Crippen molar-refractivity contribution in [2.24, 2.45) is 0 Å². The largest absolute Gasteiger partial charge is 0.287 e. The highest BCUT2D eigenvalue weighted by Crippen LogP contribution is 2.36. The first-order valence-corrected chi connectivity index (χ1v) is 3.71. The lowest BCUT2D eigenvalue weighted by molar-refractivity contribution is -0.149. The van der Waals surface area contributed by atoms with Crippen LogP contribution in [0.2, 0.25) is 0 Å². The molecule has 0 heterocycles. The first kappa shape index (κ1) is 12.6. The molecule has 0 saturated heterocycles. The first-order chi connectivity index (χ1) is 5.75. The normalized spacial score (nSPS) is 15.9. The van der Waals surface area contributed by atoms with Gasteiger partial charge in [-0.05, 0) is 0 Å². The molecule has 0 aromatic rings. The molecule has 0 nitrogen and oxygen atoms in total. The van der Waals surface area contributed by atoms with E-state index in [9.17, 15) is 26.3 Å². The second-order valence-electron chi connectivity index (χ2n) is 2.77. The number of hydrogen-bond donors (Lipinski definition) is 0. The van der Waals surface area contributed by atoms with Crippen molar-refractivity contribution in [3.8, 4) is 0 Å². The Bertz CT molecular complexity index is 155. The molecule has 0 bridgehead atoms. The summed E-state index contributed by atoms with van der Waals surface area (Å²) in [5.74, 6) is -7.95. The van der Waals surface area contributed by atoms with Crippen molar-refractivity contribution in [2.45, 2.75) is 37.8 Å². The van der Waals surface area contributed by atoms with Gasteiger partial charge in [-0.25, -0.2) is 26.3 Å². The van der Waals surface area contributed by atoms with Gasteiger partial charge in [0, 0.05) is 6.42 Å². The summed E-state index contributed by atoms with van der Waals surface area (Å²) in [6, 6.07) is 0. The van der Waals surface area contributed by atoms with Crippen LogP contribution in [0.3, 0.4) is 0 Å². The summed E-state index contributed by atoms with van der Waals surface area (Å²) < 4.78 is 73.1. The van der Waals surface area contributed by atoms with E-state index in [4.69, 9.17) is 0 Å². The Morgan fingerprint density at radius 1 is 1.15 bits per heavy atom. The van der Waals surface area contributed by atoms with E-state index in [1.54, 1.807) is 0 Å². The summed E-state index contributed by atoms with van der Waals surface area (Å²) in [5.41, 5.74) is 0. The van der Waals surface area contributed by atoms with Crippen LogP contribution in [-0.4, -0.2) is 24.7 Å². The summed E-state index contributed by atoms with van der Waals surface area (Å²) in [6.07, 6.45) is -5.91. The average Bonchev–Trinajstić information content (AvgIpc) is 2.01. The lowest BCUT2D eigenvalue weighted by Crippen LogP contribution is -2.37. The highest BCUT2D eigenvalue weighted by Gasteiger charge is 2.48. The number of rotatable bonds is 5. The monoisotopic (exact) mass is 208 g/mol. The Hall–Kier alpha value is -0.420. The van der Waals surface area contributed by atoms with E-state index in [1.165, 1.54) is 0 Å². The van der Waals surface area contributed by atoms with Crippen molar-refractivity contribution in [3.63, 3.8) is 0 Å². The molecule has 0 aliphatic carbocycles. The molecule has 0 rings (SSSR count). The molecule has 0 aliphatic heterocycles. The average molecular weight is 208 g/mol. The Labute approximate surface area is 71.9 Å². The Balaban J connectivity index is 4.32. The van der Waals surface area contributed by atoms with Crippen molar-refractivity contribution in [3.05, 3.63) is 0 Å². The van der Waals surface area contributed by atoms with Crippen molar-refractivity contribution in [1.82, 2.24) is 0 Å². The fourth-order valence-corrected chi connectivity index (χ4v) is 0.693. The van der Waals surface area contributed by atoms with Gasteiger partial charge in [-0.1, -0.05) is 6.92 Å². The molecular weight excluding hydrogens is 198 g/mol. The van der Waals surface area contributed by atoms with E-state index < -0.39 is 37.5 Å². The van der Waals surface area contributed by atoms with Crippen molar-refractivity contribution >= 4 is 0 Å². The molecule has 0 fully saturated rings. The first-order valence-electron chi connectivity index (χ1n) is 3.71. The minimum atomic E-state index is -4.30. The molecule has 0 radical (unpaired) electrons. The minimum Gasteiger partial charge on any atom is -0.248 e. The zero-order chi connectivity index (χ0) is 10.7. The molecule has 0 amide bonds. The second-order valence-corrected chi connectivity index (χ2v) is 2.77. The summed E-state index contributed by atoms with van der Waals surface area (Å²) in [7, 11) is 0. The molecule has 1 atom stereocenters. The van der Waals surface area contributed by atoms with E-state index in [1.807, 2.05) is 0 Å². The predicted octanol–water partition coefficient (Wildman–Crippen LogP) is 3.36. The van der Waals surface area contributed by atoms with Crippen LogP contribution in [0.15, 0.2) is 0 Å². The van der Waals surface area contributed by atoms with Crippen LogP contribution in [0.25, 0.3) is 0 Å². The molecule has 13 heavy (non-hydrogen) atoms. The van der Waals surface area contributed by atoms with Gasteiger partial charge in [0.05, 0.1) is 6.42 Å². The van der Waals surface area contributed by atoms with Crippen LogP contribution in [-0.2, 0) is 0 Å². The van der Waals surface area contributed by atoms with Gasteiger partial charge in [-0.15, -0.1) is 0 Å². The molecule has 0 spiro atoms. The van der Waals surface area contributed by atoms with E-state index in [2.05, 4.69) is 0 Å². The highest BCUT2D eigenvalue weighted by atomic mass is 19.3. The van der Waals surface area contributed by atoms with Gasteiger partial charge in [0.25, 0.3) is 11.8 Å². The van der Waals surface area contributed by atoms with Gasteiger partial charge < -0.3 is 0 Å². The van der Waals surface area contributed by atoms with Crippen LogP contribution < -0.4 is 0 Å². The van der Waals surface area contributed by atoms with Gasteiger partial charge in [-0.2, -0.15) is 0 Å². The topological polar surface area (TPSA) is 0 Å². The van der Waals surface area contributed by atoms with Crippen LogP contribution >= 0.6 is 0 Å². The molecule has 0 aromatic carbocycles. The van der Waals surface area contributed by atoms with Crippen LogP contribution in [0.5, 0.6) is 0 Å². The number of halogens is 6. The fraction of sp³-hybridized carbons (Fsp3) is 1.00. The van der Waals surface area contributed by atoms with Gasteiger partial charge in [0.2, 0.25) is 0 Å². The van der Waals surface area contributed by atoms with E-state index in [-0.39, 0.29) is 0 Å². The molecule has 6 heteroatoms. The lowest BCUT2D eigenvalue weighted by Gasteiger charge is -2.23. The molecule has 0 aliphatic rings. The van der Waals surface area contributed by atoms with Crippen LogP contribution in [0.4, 0.5) is 26.3 Å². The lowest BCUT2D eigenvalue weighted by atomic mass is 10.0. The summed E-state index contributed by atoms with van der Waals surface area (Å²) in [5, 5.41) is 0. The molecule has 80 valence electrons. The maximum absolute atomic E-state index is 12.4. The Morgan fingerprint density at radius 3 is 1.92 bits per heavy atom. The third-order valence-corrected chi connectivity index (χ3v) is 1.61. The third-order valence-electron chi connectivity index (χ3n) is 1.61. The zero-order valence-corrected chi connectivity index (χ0v) is 6.97. The molecule has 0 aromatic heterocycles. The van der Waals surface area contributed by atoms with Gasteiger partial charge in [-0.3, -0.25) is 0 Å². The van der Waals surface area contributed by atoms with Crippen LogP contribution in [0, 0.1) is 0 Å². The maximum atomic E-state index is 12.4. The maximum Gasteiger partial charge on any atom is 0.287 e. The Kier molecular flexibility index (Phi) is 4.06. The SMILES string of the molecule is CCC(F)(F)CC(F)(F)[C@@H](F)CF. The number of hydrogen-bond acceptors (Lipinski definition) is 0. The molecule has 0 N–H and O–H groups in total. The standard InChI is InChI=1S/C7H10F6/c1-2-6(10,11)4-7(12,13)5(9)3-8/h5H,2-4H2,1H3/t5-/m0/s1. The summed E-state index contributed by atoms with van der Waals surface area (Å²) >= 11 is 0.